The number of nitrogens with one attached hydrogen (secondary N) is 1. The molecule has 1 aromatic rings. The summed E-state index contributed by atoms with van der Waals surface area (Å²) in [5.41, 5.74) is 0.609. The summed E-state index contributed by atoms with van der Waals surface area (Å²) >= 11 is 0. The highest BCUT2D eigenvalue weighted by Crippen LogP contribution is 2.24. The smallest absolute Gasteiger partial charge is 0.269 e. The SMILES string of the molecule is CC(C)N1CCC(N(CCNC(=O)c2cncn2C)C2CCOCC2)CC1. The van der Waals surface area contributed by atoms with Gasteiger partial charge in [0, 0.05) is 51.5 Å². The zero-order chi connectivity index (χ0) is 19.2. The van der Waals surface area contributed by atoms with Crippen LogP contribution in [0.1, 0.15) is 50.0 Å². The average molecular weight is 378 g/mol. The fourth-order valence-electron chi connectivity index (χ4n) is 4.38. The van der Waals surface area contributed by atoms with Gasteiger partial charge in [-0.2, -0.15) is 0 Å². The number of carbonyl (C=O) groups is 1. The van der Waals surface area contributed by atoms with Crippen LogP contribution in [0.4, 0.5) is 0 Å². The number of ether oxygens (including phenoxy) is 1. The molecule has 0 saturated carbocycles. The molecule has 2 saturated heterocycles. The van der Waals surface area contributed by atoms with Gasteiger partial charge < -0.3 is 19.5 Å². The van der Waals surface area contributed by atoms with E-state index in [0.29, 0.717) is 30.4 Å². The van der Waals surface area contributed by atoms with Gasteiger partial charge in [-0.05, 0) is 52.6 Å². The number of rotatable bonds is 7. The third kappa shape index (κ3) is 5.30. The molecule has 7 heteroatoms. The summed E-state index contributed by atoms with van der Waals surface area (Å²) < 4.78 is 7.33. The van der Waals surface area contributed by atoms with Crippen molar-refractivity contribution in [2.24, 2.45) is 7.05 Å². The fraction of sp³-hybridized carbons (Fsp3) is 0.800. The molecule has 3 heterocycles. The Bertz CT molecular complexity index is 589. The van der Waals surface area contributed by atoms with Crippen LogP contribution in [0.25, 0.3) is 0 Å². The summed E-state index contributed by atoms with van der Waals surface area (Å²) in [6.45, 7) is 10.2. The number of carbonyl (C=O) groups excluding carboxylic acids is 1. The van der Waals surface area contributed by atoms with Crippen molar-refractivity contribution in [2.75, 3.05) is 39.4 Å². The van der Waals surface area contributed by atoms with Gasteiger partial charge >= 0.3 is 0 Å². The van der Waals surface area contributed by atoms with Gasteiger partial charge in [0.2, 0.25) is 0 Å². The van der Waals surface area contributed by atoms with E-state index in [4.69, 9.17) is 4.74 Å². The van der Waals surface area contributed by atoms with E-state index < -0.39 is 0 Å². The van der Waals surface area contributed by atoms with Crippen molar-refractivity contribution in [2.45, 2.75) is 57.7 Å². The second-order valence-corrected chi connectivity index (χ2v) is 8.09. The Labute approximate surface area is 163 Å². The van der Waals surface area contributed by atoms with E-state index in [-0.39, 0.29) is 5.91 Å². The Morgan fingerprint density at radius 1 is 1.26 bits per heavy atom. The Morgan fingerprint density at radius 2 is 1.93 bits per heavy atom. The third-order valence-electron chi connectivity index (χ3n) is 6.06. The van der Waals surface area contributed by atoms with E-state index >= 15 is 0 Å². The number of amides is 1. The lowest BCUT2D eigenvalue weighted by Gasteiger charge is -2.44. The van der Waals surface area contributed by atoms with Crippen LogP contribution in [-0.2, 0) is 11.8 Å². The van der Waals surface area contributed by atoms with E-state index in [1.807, 2.05) is 7.05 Å². The standard InChI is InChI=1S/C20H35N5O2/c1-16(2)24-9-4-17(5-10-24)25(18-6-12-27-13-7-18)11-8-22-20(26)19-14-21-15-23(19)3/h14-18H,4-13H2,1-3H3,(H,22,26). The van der Waals surface area contributed by atoms with E-state index in [0.717, 1.165) is 32.6 Å². The summed E-state index contributed by atoms with van der Waals surface area (Å²) in [5.74, 6) is -0.0449. The molecule has 0 spiro atoms. The van der Waals surface area contributed by atoms with Gasteiger partial charge in [-0.3, -0.25) is 9.69 Å². The molecule has 0 aliphatic carbocycles. The Hall–Kier alpha value is -1.44. The number of imidazole rings is 1. The zero-order valence-electron chi connectivity index (χ0n) is 17.1. The molecule has 1 aromatic heterocycles. The second-order valence-electron chi connectivity index (χ2n) is 8.09. The summed E-state index contributed by atoms with van der Waals surface area (Å²) in [6, 6.07) is 1.81. The van der Waals surface area contributed by atoms with Crippen LogP contribution < -0.4 is 5.32 Å². The predicted molar refractivity (Wildman–Crippen MR) is 106 cm³/mol. The quantitative estimate of drug-likeness (QED) is 0.780. The highest BCUT2D eigenvalue weighted by Gasteiger charge is 2.31. The molecule has 2 fully saturated rings. The highest BCUT2D eigenvalue weighted by atomic mass is 16.5. The van der Waals surface area contributed by atoms with Crippen LogP contribution in [0.2, 0.25) is 0 Å². The van der Waals surface area contributed by atoms with Crippen molar-refractivity contribution in [1.29, 1.82) is 0 Å². The predicted octanol–water partition coefficient (Wildman–Crippen LogP) is 1.50. The molecule has 0 bridgehead atoms. The Kier molecular flexibility index (Phi) is 7.26. The Balaban J connectivity index is 1.55. The molecule has 3 rings (SSSR count). The van der Waals surface area contributed by atoms with Crippen molar-refractivity contribution < 1.29 is 9.53 Å². The lowest BCUT2D eigenvalue weighted by atomic mass is 9.97. The van der Waals surface area contributed by atoms with Crippen molar-refractivity contribution in [3.8, 4) is 0 Å². The molecule has 2 aliphatic heterocycles. The van der Waals surface area contributed by atoms with Crippen molar-refractivity contribution in [3.63, 3.8) is 0 Å². The molecule has 1 amide bonds. The summed E-state index contributed by atoms with van der Waals surface area (Å²) in [6.07, 6.45) is 7.90. The first kappa shape index (κ1) is 20.3. The minimum Gasteiger partial charge on any atom is -0.381 e. The van der Waals surface area contributed by atoms with E-state index in [1.165, 1.54) is 25.9 Å². The number of aryl methyl sites for hydroxylation is 1. The molecule has 27 heavy (non-hydrogen) atoms. The lowest BCUT2D eigenvalue weighted by molar-refractivity contribution is 0.0000146. The average Bonchev–Trinajstić information content (AvgIpc) is 3.12. The van der Waals surface area contributed by atoms with E-state index in [1.54, 1.807) is 17.1 Å². The molecule has 2 aliphatic rings. The molecule has 7 nitrogen and oxygen atoms in total. The van der Waals surface area contributed by atoms with Gasteiger partial charge in [-0.25, -0.2) is 4.98 Å². The normalized spacial score (nSPS) is 20.5. The Morgan fingerprint density at radius 3 is 2.52 bits per heavy atom. The van der Waals surface area contributed by atoms with Gasteiger partial charge in [-0.15, -0.1) is 0 Å². The number of piperidine rings is 1. The number of nitrogens with zero attached hydrogens (tertiary/aromatic N) is 4. The fourth-order valence-corrected chi connectivity index (χ4v) is 4.38. The molecule has 1 N–H and O–H groups in total. The van der Waals surface area contributed by atoms with Crippen molar-refractivity contribution >= 4 is 5.91 Å². The van der Waals surface area contributed by atoms with Crippen LogP contribution >= 0.6 is 0 Å². The molecule has 0 unspecified atom stereocenters. The highest BCUT2D eigenvalue weighted by molar-refractivity contribution is 5.92. The van der Waals surface area contributed by atoms with Crippen LogP contribution in [0.15, 0.2) is 12.5 Å². The summed E-state index contributed by atoms with van der Waals surface area (Å²) in [4.78, 5) is 21.6. The third-order valence-corrected chi connectivity index (χ3v) is 6.06. The van der Waals surface area contributed by atoms with Gasteiger partial charge in [0.05, 0.1) is 12.5 Å². The van der Waals surface area contributed by atoms with Gasteiger partial charge in [0.25, 0.3) is 5.91 Å². The number of hydrogen-bond donors (Lipinski definition) is 1. The largest absolute Gasteiger partial charge is 0.381 e. The lowest BCUT2D eigenvalue weighted by Crippen LogP contribution is -2.53. The second kappa shape index (κ2) is 9.66. The van der Waals surface area contributed by atoms with Crippen LogP contribution in [0.3, 0.4) is 0 Å². The molecule has 0 aromatic carbocycles. The minimum absolute atomic E-state index is 0.0449. The number of likely N-dealkylation sites (tertiary alicyclic amines) is 1. The maximum atomic E-state index is 12.4. The zero-order valence-corrected chi connectivity index (χ0v) is 17.1. The van der Waals surface area contributed by atoms with Crippen LogP contribution in [-0.4, -0.2) is 82.8 Å². The maximum absolute atomic E-state index is 12.4. The molecule has 0 radical (unpaired) electrons. The summed E-state index contributed by atoms with van der Waals surface area (Å²) in [5, 5.41) is 3.08. The molecular weight excluding hydrogens is 342 g/mol. The van der Waals surface area contributed by atoms with Gasteiger partial charge in [0.15, 0.2) is 0 Å². The first-order valence-electron chi connectivity index (χ1n) is 10.4. The minimum atomic E-state index is -0.0449. The van der Waals surface area contributed by atoms with Crippen molar-refractivity contribution in [1.82, 2.24) is 24.7 Å². The first-order chi connectivity index (χ1) is 13.1. The van der Waals surface area contributed by atoms with Gasteiger partial charge in [0.1, 0.15) is 5.69 Å². The van der Waals surface area contributed by atoms with E-state index in [9.17, 15) is 4.79 Å². The molecular formula is C20H35N5O2. The van der Waals surface area contributed by atoms with E-state index in [2.05, 4.69) is 33.9 Å². The van der Waals surface area contributed by atoms with Crippen molar-refractivity contribution in [3.05, 3.63) is 18.2 Å². The maximum Gasteiger partial charge on any atom is 0.269 e. The molecule has 0 atom stereocenters. The molecule has 152 valence electrons. The van der Waals surface area contributed by atoms with Crippen LogP contribution in [0, 0.1) is 0 Å². The monoisotopic (exact) mass is 377 g/mol. The topological polar surface area (TPSA) is 62.6 Å². The van der Waals surface area contributed by atoms with Crippen LogP contribution in [0.5, 0.6) is 0 Å². The number of hydrogen-bond acceptors (Lipinski definition) is 5. The number of aromatic nitrogens is 2. The first-order valence-corrected chi connectivity index (χ1v) is 10.4. The van der Waals surface area contributed by atoms with Gasteiger partial charge in [-0.1, -0.05) is 0 Å². The summed E-state index contributed by atoms with van der Waals surface area (Å²) in [7, 11) is 1.85.